The Hall–Kier alpha value is -1.66. The summed E-state index contributed by atoms with van der Waals surface area (Å²) < 4.78 is 6.79. The summed E-state index contributed by atoms with van der Waals surface area (Å²) in [6.45, 7) is 4.61. The molecule has 6 nitrogen and oxygen atoms in total. The molecule has 1 N–H and O–H groups in total. The average Bonchev–Trinajstić information content (AvgIpc) is 2.86. The lowest BCUT2D eigenvalue weighted by Crippen LogP contribution is -2.33. The Morgan fingerprint density at radius 1 is 1.52 bits per heavy atom. The summed E-state index contributed by atoms with van der Waals surface area (Å²) in [5.74, 6) is 0.566. The second-order valence-corrected chi connectivity index (χ2v) is 5.43. The van der Waals surface area contributed by atoms with Crippen LogP contribution in [0.2, 0.25) is 0 Å². The van der Waals surface area contributed by atoms with Crippen molar-refractivity contribution >= 4 is 28.5 Å². The van der Waals surface area contributed by atoms with Gasteiger partial charge in [0.05, 0.1) is 23.7 Å². The highest BCUT2D eigenvalue weighted by atomic mass is 35.5. The molecule has 0 saturated carbocycles. The van der Waals surface area contributed by atoms with Gasteiger partial charge in [0.25, 0.3) is 0 Å². The highest BCUT2D eigenvalue weighted by Gasteiger charge is 2.23. The normalized spacial score (nSPS) is 14.1. The van der Waals surface area contributed by atoms with Crippen molar-refractivity contribution in [1.82, 2.24) is 19.9 Å². The number of carbonyl (C=O) groups excluding carboxylic acids is 1. The van der Waals surface area contributed by atoms with Gasteiger partial charge in [-0.15, -0.1) is 11.6 Å². The standard InChI is InChI=1S/C14H19ClN4O2/c1-9(15)13-18-11-8-16-5-4-12(11)19(13)10(2)14(20)17-6-7-21-3/h4-5,8-10H,6-7H2,1-3H3,(H,17,20). The third-order valence-corrected chi connectivity index (χ3v) is 3.44. The zero-order chi connectivity index (χ0) is 15.4. The van der Waals surface area contributed by atoms with E-state index in [2.05, 4.69) is 15.3 Å². The molecule has 2 aromatic heterocycles. The van der Waals surface area contributed by atoms with Crippen molar-refractivity contribution in [2.24, 2.45) is 0 Å². The number of methoxy groups -OCH3 is 1. The highest BCUT2D eigenvalue weighted by Crippen LogP contribution is 2.27. The summed E-state index contributed by atoms with van der Waals surface area (Å²) in [7, 11) is 1.60. The maximum Gasteiger partial charge on any atom is 0.242 e. The number of carbonyl (C=O) groups is 1. The summed E-state index contributed by atoms with van der Waals surface area (Å²) in [5, 5.41) is 2.53. The van der Waals surface area contributed by atoms with E-state index in [0.717, 1.165) is 11.0 Å². The Labute approximate surface area is 128 Å². The van der Waals surface area contributed by atoms with Crippen LogP contribution >= 0.6 is 11.6 Å². The van der Waals surface area contributed by atoms with Crippen molar-refractivity contribution in [3.63, 3.8) is 0 Å². The molecule has 0 saturated heterocycles. The molecule has 0 aromatic carbocycles. The van der Waals surface area contributed by atoms with Crippen LogP contribution in [0.15, 0.2) is 18.5 Å². The Balaban J connectivity index is 2.34. The number of alkyl halides is 1. The molecule has 2 aromatic rings. The number of amides is 1. The van der Waals surface area contributed by atoms with E-state index in [1.807, 2.05) is 24.5 Å². The van der Waals surface area contributed by atoms with Gasteiger partial charge in [-0.1, -0.05) is 0 Å². The molecule has 0 fully saturated rings. The van der Waals surface area contributed by atoms with Crippen molar-refractivity contribution in [3.8, 4) is 0 Å². The molecule has 1 amide bonds. The maximum absolute atomic E-state index is 12.3. The van der Waals surface area contributed by atoms with Gasteiger partial charge in [-0.05, 0) is 19.9 Å². The number of rotatable bonds is 6. The summed E-state index contributed by atoms with van der Waals surface area (Å²) in [6.07, 6.45) is 3.35. The maximum atomic E-state index is 12.3. The van der Waals surface area contributed by atoms with Crippen LogP contribution in [0.1, 0.15) is 31.1 Å². The molecule has 0 aliphatic carbocycles. The number of fused-ring (bicyclic) bond motifs is 1. The van der Waals surface area contributed by atoms with Crippen LogP contribution in [0.4, 0.5) is 0 Å². The van der Waals surface area contributed by atoms with Crippen molar-refractivity contribution in [2.75, 3.05) is 20.3 Å². The average molecular weight is 311 g/mol. The number of halogens is 1. The van der Waals surface area contributed by atoms with E-state index < -0.39 is 6.04 Å². The van der Waals surface area contributed by atoms with E-state index in [9.17, 15) is 4.79 Å². The number of imidazole rings is 1. The largest absolute Gasteiger partial charge is 0.383 e. The Morgan fingerprint density at radius 2 is 2.29 bits per heavy atom. The minimum Gasteiger partial charge on any atom is -0.383 e. The van der Waals surface area contributed by atoms with Gasteiger partial charge < -0.3 is 14.6 Å². The molecule has 0 bridgehead atoms. The Morgan fingerprint density at radius 3 is 2.95 bits per heavy atom. The second kappa shape index (κ2) is 6.87. The third-order valence-electron chi connectivity index (χ3n) is 3.25. The van der Waals surface area contributed by atoms with Gasteiger partial charge in [-0.2, -0.15) is 0 Å². The van der Waals surface area contributed by atoms with Crippen molar-refractivity contribution in [3.05, 3.63) is 24.3 Å². The first-order valence-corrected chi connectivity index (χ1v) is 7.22. The molecule has 7 heteroatoms. The van der Waals surface area contributed by atoms with Gasteiger partial charge in [0, 0.05) is 19.9 Å². The third kappa shape index (κ3) is 3.33. The molecule has 2 heterocycles. The van der Waals surface area contributed by atoms with Gasteiger partial charge in [0.2, 0.25) is 5.91 Å². The first-order valence-electron chi connectivity index (χ1n) is 6.78. The SMILES string of the molecule is COCCNC(=O)C(C)n1c(C(C)Cl)nc2cnccc21. The minimum atomic E-state index is -0.412. The molecule has 21 heavy (non-hydrogen) atoms. The quantitative estimate of drug-likeness (QED) is 0.655. The van der Waals surface area contributed by atoms with Gasteiger partial charge in [0.1, 0.15) is 17.4 Å². The minimum absolute atomic E-state index is 0.0956. The van der Waals surface area contributed by atoms with Gasteiger partial charge >= 0.3 is 0 Å². The fraction of sp³-hybridized carbons (Fsp3) is 0.500. The summed E-state index contributed by atoms with van der Waals surface area (Å²) in [4.78, 5) is 20.8. The Bertz CT molecular complexity index is 626. The molecule has 0 radical (unpaired) electrons. The highest BCUT2D eigenvalue weighted by molar-refractivity contribution is 6.20. The molecule has 2 atom stereocenters. The van der Waals surface area contributed by atoms with Gasteiger partial charge in [0.15, 0.2) is 0 Å². The number of nitrogens with one attached hydrogen (secondary N) is 1. The number of ether oxygens (including phenoxy) is 1. The molecule has 0 aliphatic rings. The zero-order valence-electron chi connectivity index (χ0n) is 12.3. The van der Waals surface area contributed by atoms with Crippen LogP contribution in [0.3, 0.4) is 0 Å². The lowest BCUT2D eigenvalue weighted by molar-refractivity contribution is -0.124. The van der Waals surface area contributed by atoms with E-state index in [1.54, 1.807) is 19.5 Å². The molecule has 0 aliphatic heterocycles. The van der Waals surface area contributed by atoms with Crippen LogP contribution in [-0.2, 0) is 9.53 Å². The molecule has 2 unspecified atom stereocenters. The van der Waals surface area contributed by atoms with Crippen LogP contribution in [0.5, 0.6) is 0 Å². The fourth-order valence-electron chi connectivity index (χ4n) is 2.20. The summed E-state index contributed by atoms with van der Waals surface area (Å²) in [5.41, 5.74) is 1.58. The summed E-state index contributed by atoms with van der Waals surface area (Å²) in [6, 6.07) is 1.43. The predicted molar refractivity (Wildman–Crippen MR) is 81.4 cm³/mol. The lowest BCUT2D eigenvalue weighted by Gasteiger charge is -2.18. The van der Waals surface area contributed by atoms with E-state index in [-0.39, 0.29) is 11.3 Å². The van der Waals surface area contributed by atoms with E-state index in [0.29, 0.717) is 19.0 Å². The van der Waals surface area contributed by atoms with Crippen LogP contribution in [0.25, 0.3) is 11.0 Å². The fourth-order valence-corrected chi connectivity index (χ4v) is 2.35. The molecular formula is C14H19ClN4O2. The predicted octanol–water partition coefficient (Wildman–Crippen LogP) is 2.05. The van der Waals surface area contributed by atoms with E-state index >= 15 is 0 Å². The number of pyridine rings is 1. The molecular weight excluding hydrogens is 292 g/mol. The van der Waals surface area contributed by atoms with Crippen LogP contribution < -0.4 is 5.32 Å². The molecule has 0 spiro atoms. The van der Waals surface area contributed by atoms with E-state index in [4.69, 9.17) is 16.3 Å². The van der Waals surface area contributed by atoms with Crippen molar-refractivity contribution in [1.29, 1.82) is 0 Å². The second-order valence-electron chi connectivity index (χ2n) is 4.78. The smallest absolute Gasteiger partial charge is 0.242 e. The first kappa shape index (κ1) is 15.7. The first-order chi connectivity index (χ1) is 10.1. The van der Waals surface area contributed by atoms with Crippen LogP contribution in [0, 0.1) is 0 Å². The Kier molecular flexibility index (Phi) is 5.14. The van der Waals surface area contributed by atoms with E-state index in [1.165, 1.54) is 0 Å². The van der Waals surface area contributed by atoms with Gasteiger partial charge in [-0.3, -0.25) is 9.78 Å². The molecule has 114 valence electrons. The van der Waals surface area contributed by atoms with Crippen molar-refractivity contribution < 1.29 is 9.53 Å². The summed E-state index contributed by atoms with van der Waals surface area (Å²) >= 11 is 6.20. The number of aromatic nitrogens is 3. The van der Waals surface area contributed by atoms with Crippen molar-refractivity contribution in [2.45, 2.75) is 25.3 Å². The zero-order valence-corrected chi connectivity index (χ0v) is 13.1. The number of hydrogen-bond acceptors (Lipinski definition) is 4. The number of hydrogen-bond donors (Lipinski definition) is 1. The number of nitrogens with zero attached hydrogens (tertiary/aromatic N) is 3. The van der Waals surface area contributed by atoms with Gasteiger partial charge in [-0.25, -0.2) is 4.98 Å². The topological polar surface area (TPSA) is 69.0 Å². The monoisotopic (exact) mass is 310 g/mol. The molecule has 2 rings (SSSR count). The lowest BCUT2D eigenvalue weighted by atomic mass is 10.2. The van der Waals surface area contributed by atoms with Crippen LogP contribution in [-0.4, -0.2) is 40.7 Å².